The van der Waals surface area contributed by atoms with E-state index in [1.807, 2.05) is 19.1 Å². The fraction of sp³-hybridized carbons (Fsp3) is 0.333. The molecular formula is C12H15N3O2. The smallest absolute Gasteiger partial charge is 0.197 e. The highest BCUT2D eigenvalue weighted by molar-refractivity contribution is 5.50. The third kappa shape index (κ3) is 2.62. The number of ether oxygens (including phenoxy) is 1. The SMILES string of the molecule is CCc1ccc(-c2nc(N)cc(COC)n2)o1. The molecule has 0 fully saturated rings. The number of anilines is 1. The van der Waals surface area contributed by atoms with Gasteiger partial charge in [0.15, 0.2) is 11.6 Å². The zero-order valence-corrected chi connectivity index (χ0v) is 9.93. The van der Waals surface area contributed by atoms with Gasteiger partial charge < -0.3 is 14.9 Å². The molecular weight excluding hydrogens is 218 g/mol. The molecule has 0 radical (unpaired) electrons. The van der Waals surface area contributed by atoms with Crippen molar-refractivity contribution in [3.63, 3.8) is 0 Å². The number of rotatable bonds is 4. The Hall–Kier alpha value is -1.88. The summed E-state index contributed by atoms with van der Waals surface area (Å²) in [7, 11) is 1.61. The second-order valence-electron chi connectivity index (χ2n) is 3.66. The number of nitrogens with two attached hydrogens (primary N) is 1. The van der Waals surface area contributed by atoms with Crippen molar-refractivity contribution in [2.45, 2.75) is 20.0 Å². The molecule has 5 nitrogen and oxygen atoms in total. The van der Waals surface area contributed by atoms with E-state index in [0.29, 0.717) is 24.0 Å². The van der Waals surface area contributed by atoms with Crippen LogP contribution in [0, 0.1) is 0 Å². The van der Waals surface area contributed by atoms with Crippen LogP contribution in [0.2, 0.25) is 0 Å². The van der Waals surface area contributed by atoms with Gasteiger partial charge in [0.05, 0.1) is 12.3 Å². The van der Waals surface area contributed by atoms with E-state index in [2.05, 4.69) is 9.97 Å². The number of nitrogens with zero attached hydrogens (tertiary/aromatic N) is 2. The summed E-state index contributed by atoms with van der Waals surface area (Å²) in [5, 5.41) is 0. The molecule has 0 unspecified atom stereocenters. The molecule has 0 amide bonds. The molecule has 0 aliphatic rings. The average Bonchev–Trinajstić information content (AvgIpc) is 2.77. The van der Waals surface area contributed by atoms with Crippen molar-refractivity contribution in [1.82, 2.24) is 9.97 Å². The Morgan fingerprint density at radius 1 is 1.35 bits per heavy atom. The van der Waals surface area contributed by atoms with Gasteiger partial charge in [0, 0.05) is 19.6 Å². The molecule has 90 valence electrons. The van der Waals surface area contributed by atoms with Crippen LogP contribution in [0.5, 0.6) is 0 Å². The summed E-state index contributed by atoms with van der Waals surface area (Å²) < 4.78 is 10.6. The Morgan fingerprint density at radius 2 is 2.18 bits per heavy atom. The molecule has 2 heterocycles. The van der Waals surface area contributed by atoms with Gasteiger partial charge in [0.2, 0.25) is 0 Å². The van der Waals surface area contributed by atoms with Gasteiger partial charge >= 0.3 is 0 Å². The standard InChI is InChI=1S/C12H15N3O2/c1-3-9-4-5-10(17-9)12-14-8(7-16-2)6-11(13)15-12/h4-6H,3,7H2,1-2H3,(H2,13,14,15). The van der Waals surface area contributed by atoms with Crippen LogP contribution in [0.4, 0.5) is 5.82 Å². The molecule has 17 heavy (non-hydrogen) atoms. The summed E-state index contributed by atoms with van der Waals surface area (Å²) in [6.45, 7) is 2.43. The first-order valence-electron chi connectivity index (χ1n) is 5.44. The highest BCUT2D eigenvalue weighted by Crippen LogP contribution is 2.20. The van der Waals surface area contributed by atoms with Crippen LogP contribution in [0.15, 0.2) is 22.6 Å². The van der Waals surface area contributed by atoms with E-state index in [1.54, 1.807) is 13.2 Å². The highest BCUT2D eigenvalue weighted by Gasteiger charge is 2.09. The number of nitrogen functional groups attached to an aromatic ring is 1. The largest absolute Gasteiger partial charge is 0.458 e. The van der Waals surface area contributed by atoms with E-state index in [1.165, 1.54) is 0 Å². The summed E-state index contributed by atoms with van der Waals surface area (Å²) in [5.74, 6) is 2.44. The first-order valence-corrected chi connectivity index (χ1v) is 5.44. The highest BCUT2D eigenvalue weighted by atomic mass is 16.5. The first kappa shape index (κ1) is 11.6. The lowest BCUT2D eigenvalue weighted by atomic mass is 10.3. The van der Waals surface area contributed by atoms with Crippen molar-refractivity contribution >= 4 is 5.82 Å². The van der Waals surface area contributed by atoms with E-state index < -0.39 is 0 Å². The molecule has 0 saturated heterocycles. The Morgan fingerprint density at radius 3 is 2.82 bits per heavy atom. The topological polar surface area (TPSA) is 74.2 Å². The van der Waals surface area contributed by atoms with Gasteiger partial charge in [-0.05, 0) is 12.1 Å². The summed E-state index contributed by atoms with van der Waals surface area (Å²) in [4.78, 5) is 8.48. The second kappa shape index (κ2) is 4.97. The predicted octanol–water partition coefficient (Wildman–Crippen LogP) is 2.03. The number of hydrogen-bond donors (Lipinski definition) is 1. The van der Waals surface area contributed by atoms with Crippen LogP contribution >= 0.6 is 0 Å². The zero-order valence-electron chi connectivity index (χ0n) is 9.93. The minimum Gasteiger partial charge on any atom is -0.458 e. The number of hydrogen-bond acceptors (Lipinski definition) is 5. The zero-order chi connectivity index (χ0) is 12.3. The molecule has 0 atom stereocenters. The van der Waals surface area contributed by atoms with Crippen LogP contribution in [0.1, 0.15) is 18.4 Å². The molecule has 0 spiro atoms. The molecule has 2 aromatic heterocycles. The average molecular weight is 233 g/mol. The fourth-order valence-electron chi connectivity index (χ4n) is 1.54. The van der Waals surface area contributed by atoms with Crippen molar-refractivity contribution in [3.05, 3.63) is 29.7 Å². The third-order valence-electron chi connectivity index (χ3n) is 2.32. The lowest BCUT2D eigenvalue weighted by Crippen LogP contribution is -2.00. The maximum Gasteiger partial charge on any atom is 0.197 e. The molecule has 0 aromatic carbocycles. The summed E-state index contributed by atoms with van der Waals surface area (Å²) >= 11 is 0. The van der Waals surface area contributed by atoms with E-state index in [9.17, 15) is 0 Å². The number of aryl methyl sites for hydroxylation is 1. The third-order valence-corrected chi connectivity index (χ3v) is 2.32. The van der Waals surface area contributed by atoms with Crippen LogP contribution in [0.3, 0.4) is 0 Å². The quantitative estimate of drug-likeness (QED) is 0.874. The minimum absolute atomic E-state index is 0.404. The molecule has 0 aliphatic carbocycles. The second-order valence-corrected chi connectivity index (χ2v) is 3.66. The lowest BCUT2D eigenvalue weighted by Gasteiger charge is -2.03. The summed E-state index contributed by atoms with van der Waals surface area (Å²) in [6, 6.07) is 5.46. The summed E-state index contributed by atoms with van der Waals surface area (Å²) in [6.07, 6.45) is 0.841. The van der Waals surface area contributed by atoms with Gasteiger partial charge in [-0.3, -0.25) is 0 Å². The minimum atomic E-state index is 0.404. The maximum absolute atomic E-state index is 5.72. The predicted molar refractivity (Wildman–Crippen MR) is 64.2 cm³/mol. The Balaban J connectivity index is 2.37. The van der Waals surface area contributed by atoms with Crippen molar-refractivity contribution in [2.75, 3.05) is 12.8 Å². The summed E-state index contributed by atoms with van der Waals surface area (Å²) in [5.41, 5.74) is 6.46. The first-order chi connectivity index (χ1) is 8.22. The van der Waals surface area contributed by atoms with E-state index in [4.69, 9.17) is 14.9 Å². The van der Waals surface area contributed by atoms with Crippen LogP contribution in [-0.2, 0) is 17.8 Å². The van der Waals surface area contributed by atoms with Crippen molar-refractivity contribution in [1.29, 1.82) is 0 Å². The van der Waals surface area contributed by atoms with Gasteiger partial charge in [-0.1, -0.05) is 6.92 Å². The van der Waals surface area contributed by atoms with Gasteiger partial charge in [-0.2, -0.15) is 0 Å². The monoisotopic (exact) mass is 233 g/mol. The number of methoxy groups -OCH3 is 1. The van der Waals surface area contributed by atoms with E-state index in [0.717, 1.165) is 17.9 Å². The molecule has 0 bridgehead atoms. The van der Waals surface area contributed by atoms with Crippen molar-refractivity contribution in [2.24, 2.45) is 0 Å². The lowest BCUT2D eigenvalue weighted by molar-refractivity contribution is 0.181. The van der Waals surface area contributed by atoms with Gasteiger partial charge in [-0.25, -0.2) is 9.97 Å². The van der Waals surface area contributed by atoms with Crippen molar-refractivity contribution in [3.8, 4) is 11.6 Å². The van der Waals surface area contributed by atoms with Crippen LogP contribution in [-0.4, -0.2) is 17.1 Å². The Labute approximate surface area is 99.6 Å². The fourth-order valence-corrected chi connectivity index (χ4v) is 1.54. The molecule has 2 aromatic rings. The van der Waals surface area contributed by atoms with Crippen LogP contribution < -0.4 is 5.73 Å². The molecule has 2 N–H and O–H groups in total. The van der Waals surface area contributed by atoms with E-state index in [-0.39, 0.29) is 0 Å². The van der Waals surface area contributed by atoms with Crippen molar-refractivity contribution < 1.29 is 9.15 Å². The van der Waals surface area contributed by atoms with Gasteiger partial charge in [0.1, 0.15) is 11.6 Å². The number of furan rings is 1. The van der Waals surface area contributed by atoms with Crippen LogP contribution in [0.25, 0.3) is 11.6 Å². The normalized spacial score (nSPS) is 10.7. The Kier molecular flexibility index (Phi) is 3.39. The molecule has 5 heteroatoms. The molecule has 0 aliphatic heterocycles. The molecule has 2 rings (SSSR count). The number of aromatic nitrogens is 2. The van der Waals surface area contributed by atoms with Gasteiger partial charge in [-0.15, -0.1) is 0 Å². The Bertz CT molecular complexity index is 508. The van der Waals surface area contributed by atoms with Gasteiger partial charge in [0.25, 0.3) is 0 Å². The molecule has 0 saturated carbocycles. The van der Waals surface area contributed by atoms with E-state index >= 15 is 0 Å². The maximum atomic E-state index is 5.72.